The summed E-state index contributed by atoms with van der Waals surface area (Å²) in [7, 11) is 0. The number of hydrogen-bond donors (Lipinski definition) is 3. The Hall–Kier alpha value is -0.380. The van der Waals surface area contributed by atoms with Crippen molar-refractivity contribution in [1.82, 2.24) is 0 Å². The lowest BCUT2D eigenvalue weighted by Gasteiger charge is -2.38. The largest absolute Gasteiger partial charge is 0.396 e. The molecule has 1 unspecified atom stereocenters. The van der Waals surface area contributed by atoms with Gasteiger partial charge in [0.25, 0.3) is 0 Å². The van der Waals surface area contributed by atoms with Crippen LogP contribution in [0.2, 0.25) is 0 Å². The van der Waals surface area contributed by atoms with E-state index in [9.17, 15) is 15.3 Å². The van der Waals surface area contributed by atoms with E-state index in [1.54, 1.807) is 0 Å². The van der Waals surface area contributed by atoms with Gasteiger partial charge in [-0.2, -0.15) is 0 Å². The second-order valence-electron chi connectivity index (χ2n) is 4.23. The first-order valence-electron chi connectivity index (χ1n) is 4.79. The van der Waals surface area contributed by atoms with Gasteiger partial charge in [0.15, 0.2) is 0 Å². The van der Waals surface area contributed by atoms with Crippen molar-refractivity contribution in [3.05, 3.63) is 12.2 Å². The zero-order valence-electron chi connectivity index (χ0n) is 7.56. The molecule has 2 aliphatic rings. The van der Waals surface area contributed by atoms with Crippen molar-refractivity contribution < 1.29 is 15.3 Å². The van der Waals surface area contributed by atoms with Crippen LogP contribution in [-0.4, -0.2) is 35.1 Å². The molecular formula is C10H16O3. The molecule has 0 heterocycles. The van der Waals surface area contributed by atoms with Crippen LogP contribution in [0.15, 0.2) is 12.2 Å². The van der Waals surface area contributed by atoms with E-state index in [0.29, 0.717) is 5.92 Å². The summed E-state index contributed by atoms with van der Waals surface area (Å²) in [4.78, 5) is 0. The van der Waals surface area contributed by atoms with Gasteiger partial charge in [-0.3, -0.25) is 0 Å². The number of aliphatic hydroxyl groups excluding tert-OH is 3. The quantitative estimate of drug-likeness (QED) is 0.531. The molecule has 2 rings (SSSR count). The van der Waals surface area contributed by atoms with Crippen molar-refractivity contribution in [2.45, 2.75) is 6.42 Å². The van der Waals surface area contributed by atoms with Gasteiger partial charge in [-0.15, -0.1) is 0 Å². The number of fused-ring (bicyclic) bond motifs is 2. The van der Waals surface area contributed by atoms with Gasteiger partial charge in [0.05, 0.1) is 13.2 Å². The van der Waals surface area contributed by atoms with Crippen molar-refractivity contribution in [2.75, 3.05) is 19.8 Å². The molecule has 1 saturated carbocycles. The van der Waals surface area contributed by atoms with Crippen molar-refractivity contribution >= 4 is 0 Å². The van der Waals surface area contributed by atoms with Crippen LogP contribution in [0.3, 0.4) is 0 Å². The molecule has 0 spiro atoms. The molecule has 0 radical (unpaired) electrons. The van der Waals surface area contributed by atoms with E-state index in [0.717, 1.165) is 6.42 Å². The Kier molecular flexibility index (Phi) is 2.18. The smallest absolute Gasteiger partial charge is 0.0518 e. The van der Waals surface area contributed by atoms with Crippen LogP contribution in [0.25, 0.3) is 0 Å². The molecule has 3 atom stereocenters. The monoisotopic (exact) mass is 184 g/mol. The highest BCUT2D eigenvalue weighted by Crippen LogP contribution is 2.55. The summed E-state index contributed by atoms with van der Waals surface area (Å²) < 4.78 is 0. The van der Waals surface area contributed by atoms with Crippen LogP contribution in [0.4, 0.5) is 0 Å². The molecule has 0 amide bonds. The molecule has 0 aromatic rings. The summed E-state index contributed by atoms with van der Waals surface area (Å²) in [5.74, 6) is 0.649. The molecular weight excluding hydrogens is 168 g/mol. The molecule has 0 saturated heterocycles. The van der Waals surface area contributed by atoms with Gasteiger partial charge in [-0.25, -0.2) is 0 Å². The van der Waals surface area contributed by atoms with Gasteiger partial charge in [0.2, 0.25) is 0 Å². The van der Waals surface area contributed by atoms with Gasteiger partial charge in [-0.1, -0.05) is 12.2 Å². The minimum atomic E-state index is -0.464. The Morgan fingerprint density at radius 3 is 2.31 bits per heavy atom. The SMILES string of the molecule is OC[C@H]1[C@H]2C=CC(C2)C1(CO)CO. The maximum atomic E-state index is 9.34. The van der Waals surface area contributed by atoms with E-state index in [2.05, 4.69) is 12.2 Å². The minimum absolute atomic E-state index is 0.0275. The highest BCUT2D eigenvalue weighted by molar-refractivity contribution is 5.19. The second-order valence-corrected chi connectivity index (χ2v) is 4.23. The van der Waals surface area contributed by atoms with E-state index in [1.165, 1.54) is 0 Å². The Morgan fingerprint density at radius 1 is 1.15 bits per heavy atom. The Bertz CT molecular complexity index is 220. The van der Waals surface area contributed by atoms with Crippen LogP contribution >= 0.6 is 0 Å². The molecule has 0 aliphatic heterocycles. The van der Waals surface area contributed by atoms with Crippen LogP contribution in [-0.2, 0) is 0 Å². The Labute approximate surface area is 77.7 Å². The summed E-state index contributed by atoms with van der Waals surface area (Å²) in [6.45, 7) is 0.00704. The van der Waals surface area contributed by atoms with E-state index in [-0.39, 0.29) is 31.7 Å². The molecule has 74 valence electrons. The third-order valence-electron chi connectivity index (χ3n) is 3.90. The first-order chi connectivity index (χ1) is 6.28. The molecule has 2 aliphatic carbocycles. The maximum Gasteiger partial charge on any atom is 0.0518 e. The van der Waals surface area contributed by atoms with Crippen LogP contribution in [0, 0.1) is 23.2 Å². The standard InChI is InChI=1S/C10H16O3/c11-4-9-7-1-2-8(3-7)10(9,5-12)6-13/h1-2,7-9,11-13H,3-6H2/t7-,8?,9-/m0/s1. The lowest BCUT2D eigenvalue weighted by molar-refractivity contribution is -0.0268. The number of aliphatic hydroxyl groups is 3. The fourth-order valence-electron chi connectivity index (χ4n) is 2.99. The van der Waals surface area contributed by atoms with Crippen molar-refractivity contribution in [2.24, 2.45) is 23.2 Å². The molecule has 13 heavy (non-hydrogen) atoms. The zero-order chi connectivity index (χ0) is 9.47. The number of rotatable bonds is 3. The van der Waals surface area contributed by atoms with Crippen molar-refractivity contribution in [3.63, 3.8) is 0 Å². The van der Waals surface area contributed by atoms with Gasteiger partial charge in [0.1, 0.15) is 0 Å². The fraction of sp³-hybridized carbons (Fsp3) is 0.800. The molecule has 2 bridgehead atoms. The van der Waals surface area contributed by atoms with Crippen molar-refractivity contribution in [3.8, 4) is 0 Å². The van der Waals surface area contributed by atoms with Gasteiger partial charge >= 0.3 is 0 Å². The van der Waals surface area contributed by atoms with Gasteiger partial charge < -0.3 is 15.3 Å². The second kappa shape index (κ2) is 3.08. The van der Waals surface area contributed by atoms with Gasteiger partial charge in [0, 0.05) is 12.0 Å². The van der Waals surface area contributed by atoms with Crippen LogP contribution < -0.4 is 0 Å². The maximum absolute atomic E-state index is 9.34. The number of hydrogen-bond acceptors (Lipinski definition) is 3. The lowest BCUT2D eigenvalue weighted by Crippen LogP contribution is -2.43. The first-order valence-corrected chi connectivity index (χ1v) is 4.79. The summed E-state index contributed by atoms with van der Waals surface area (Å²) in [5.41, 5.74) is -0.464. The predicted octanol–water partition coefficient (Wildman–Crippen LogP) is -0.228. The topological polar surface area (TPSA) is 60.7 Å². The molecule has 0 aromatic carbocycles. The normalized spacial score (nSPS) is 40.1. The Balaban J connectivity index is 2.30. The average molecular weight is 184 g/mol. The third-order valence-corrected chi connectivity index (χ3v) is 3.90. The summed E-state index contributed by atoms with van der Waals surface area (Å²) in [6, 6.07) is 0. The van der Waals surface area contributed by atoms with Gasteiger partial charge in [-0.05, 0) is 24.2 Å². The van der Waals surface area contributed by atoms with Crippen LogP contribution in [0.1, 0.15) is 6.42 Å². The lowest BCUT2D eigenvalue weighted by atomic mass is 9.70. The summed E-state index contributed by atoms with van der Waals surface area (Å²) in [6.07, 6.45) is 5.16. The summed E-state index contributed by atoms with van der Waals surface area (Å²) >= 11 is 0. The molecule has 3 N–H and O–H groups in total. The zero-order valence-corrected chi connectivity index (χ0v) is 7.56. The molecule has 3 nitrogen and oxygen atoms in total. The average Bonchev–Trinajstić information content (AvgIpc) is 2.74. The third kappa shape index (κ3) is 1.01. The Morgan fingerprint density at radius 2 is 1.85 bits per heavy atom. The minimum Gasteiger partial charge on any atom is -0.396 e. The number of allylic oxidation sites excluding steroid dienone is 2. The van der Waals surface area contributed by atoms with E-state index >= 15 is 0 Å². The highest BCUT2D eigenvalue weighted by atomic mass is 16.3. The molecule has 3 heteroatoms. The fourth-order valence-corrected chi connectivity index (χ4v) is 2.99. The van der Waals surface area contributed by atoms with Crippen molar-refractivity contribution in [1.29, 1.82) is 0 Å². The van der Waals surface area contributed by atoms with E-state index in [1.807, 2.05) is 0 Å². The van der Waals surface area contributed by atoms with E-state index < -0.39 is 5.41 Å². The molecule has 0 aromatic heterocycles. The molecule has 1 fully saturated rings. The van der Waals surface area contributed by atoms with Crippen LogP contribution in [0.5, 0.6) is 0 Å². The first kappa shape index (κ1) is 9.19. The van der Waals surface area contributed by atoms with E-state index in [4.69, 9.17) is 0 Å². The predicted molar refractivity (Wildman–Crippen MR) is 47.9 cm³/mol. The summed E-state index contributed by atoms with van der Waals surface area (Å²) in [5, 5.41) is 27.9. The highest BCUT2D eigenvalue weighted by Gasteiger charge is 2.54.